The van der Waals surface area contributed by atoms with Gasteiger partial charge in [-0.3, -0.25) is 4.79 Å². The maximum atomic E-state index is 12.1. The minimum atomic E-state index is -0.112. The van der Waals surface area contributed by atoms with Crippen LogP contribution in [0.25, 0.3) is 0 Å². The second-order valence-electron chi connectivity index (χ2n) is 4.11. The van der Waals surface area contributed by atoms with Crippen LogP contribution in [0.4, 0.5) is 0 Å². The number of benzene rings is 1. The Morgan fingerprint density at radius 1 is 1.21 bits per heavy atom. The third-order valence-electron chi connectivity index (χ3n) is 2.71. The van der Waals surface area contributed by atoms with E-state index < -0.39 is 0 Å². The number of carbonyl (C=O) groups excluding carboxylic acids is 1. The van der Waals surface area contributed by atoms with Crippen molar-refractivity contribution in [1.29, 1.82) is 0 Å². The highest BCUT2D eigenvalue weighted by atomic mass is 79.9. The van der Waals surface area contributed by atoms with Crippen molar-refractivity contribution in [3.05, 3.63) is 62.8 Å². The first-order valence-corrected chi connectivity index (χ1v) is 7.33. The molecule has 0 bridgehead atoms. The van der Waals surface area contributed by atoms with Gasteiger partial charge in [0.05, 0.1) is 6.04 Å². The van der Waals surface area contributed by atoms with Gasteiger partial charge in [-0.15, -0.1) is 0 Å². The summed E-state index contributed by atoms with van der Waals surface area (Å²) in [6, 6.07) is 11.2. The van der Waals surface area contributed by atoms with Crippen molar-refractivity contribution in [2.24, 2.45) is 0 Å². The topological polar surface area (TPSA) is 42.0 Å². The molecule has 2 aromatic rings. The van der Waals surface area contributed by atoms with Gasteiger partial charge in [-0.1, -0.05) is 28.1 Å². The first kappa shape index (κ1) is 14.2. The van der Waals surface area contributed by atoms with Crippen molar-refractivity contribution < 1.29 is 4.79 Å². The number of hydrogen-bond donors (Lipinski definition) is 1. The smallest absolute Gasteiger partial charge is 0.251 e. The van der Waals surface area contributed by atoms with Crippen LogP contribution in [-0.2, 0) is 0 Å². The standard InChI is InChI=1S/C14H12Br2N2O/c1-9(10-2-4-12(15)5-3-10)18-14(19)11-6-7-17-13(16)8-11/h2-9H,1H3,(H,18,19)/t9-/m1/s1. The van der Waals surface area contributed by atoms with Gasteiger partial charge in [0.25, 0.3) is 5.91 Å². The van der Waals surface area contributed by atoms with E-state index in [1.165, 1.54) is 0 Å². The molecule has 0 fully saturated rings. The summed E-state index contributed by atoms with van der Waals surface area (Å²) in [5, 5.41) is 2.96. The molecule has 3 nitrogen and oxygen atoms in total. The largest absolute Gasteiger partial charge is 0.346 e. The van der Waals surface area contributed by atoms with Gasteiger partial charge >= 0.3 is 0 Å². The minimum Gasteiger partial charge on any atom is -0.346 e. The number of carbonyl (C=O) groups is 1. The molecule has 0 aliphatic heterocycles. The molecule has 2 rings (SSSR count). The summed E-state index contributed by atoms with van der Waals surface area (Å²) < 4.78 is 1.67. The molecule has 1 aromatic heterocycles. The summed E-state index contributed by atoms with van der Waals surface area (Å²) in [4.78, 5) is 16.1. The van der Waals surface area contributed by atoms with Crippen molar-refractivity contribution in [2.45, 2.75) is 13.0 Å². The molecule has 98 valence electrons. The Morgan fingerprint density at radius 2 is 1.89 bits per heavy atom. The molecule has 0 spiro atoms. The number of rotatable bonds is 3. The molecule has 0 aliphatic carbocycles. The Bertz CT molecular complexity index is 584. The number of nitrogens with one attached hydrogen (secondary N) is 1. The van der Waals surface area contributed by atoms with Crippen LogP contribution in [0.1, 0.15) is 28.9 Å². The summed E-state index contributed by atoms with van der Waals surface area (Å²) in [5.74, 6) is -0.112. The SMILES string of the molecule is C[C@@H](NC(=O)c1ccnc(Br)c1)c1ccc(Br)cc1. The van der Waals surface area contributed by atoms with Crippen LogP contribution in [-0.4, -0.2) is 10.9 Å². The van der Waals surface area contributed by atoms with Crippen LogP contribution in [0.3, 0.4) is 0 Å². The quantitative estimate of drug-likeness (QED) is 0.810. The summed E-state index contributed by atoms with van der Waals surface area (Å²) in [6.07, 6.45) is 1.60. The lowest BCUT2D eigenvalue weighted by Gasteiger charge is -2.14. The fourth-order valence-corrected chi connectivity index (χ4v) is 2.29. The highest BCUT2D eigenvalue weighted by molar-refractivity contribution is 9.10. The maximum Gasteiger partial charge on any atom is 0.251 e. The Morgan fingerprint density at radius 3 is 2.53 bits per heavy atom. The zero-order valence-corrected chi connectivity index (χ0v) is 13.4. The van der Waals surface area contributed by atoms with Crippen molar-refractivity contribution in [3.63, 3.8) is 0 Å². The molecule has 0 saturated heterocycles. The van der Waals surface area contributed by atoms with Crippen molar-refractivity contribution in [2.75, 3.05) is 0 Å². The van der Waals surface area contributed by atoms with E-state index in [2.05, 4.69) is 42.2 Å². The average molecular weight is 384 g/mol. The van der Waals surface area contributed by atoms with E-state index in [1.807, 2.05) is 31.2 Å². The molecule has 1 aromatic carbocycles. The molecule has 19 heavy (non-hydrogen) atoms. The van der Waals surface area contributed by atoms with E-state index in [1.54, 1.807) is 18.3 Å². The molecule has 5 heteroatoms. The third-order valence-corrected chi connectivity index (χ3v) is 3.67. The Hall–Kier alpha value is -1.20. The molecule has 1 heterocycles. The number of aromatic nitrogens is 1. The van der Waals surface area contributed by atoms with Crippen LogP contribution in [0.5, 0.6) is 0 Å². The van der Waals surface area contributed by atoms with Crippen molar-refractivity contribution in [1.82, 2.24) is 10.3 Å². The van der Waals surface area contributed by atoms with Crippen LogP contribution in [0.15, 0.2) is 51.7 Å². The van der Waals surface area contributed by atoms with E-state index in [0.717, 1.165) is 10.0 Å². The van der Waals surface area contributed by atoms with E-state index in [4.69, 9.17) is 0 Å². The van der Waals surface area contributed by atoms with Gasteiger partial charge in [-0.05, 0) is 52.7 Å². The monoisotopic (exact) mass is 382 g/mol. The van der Waals surface area contributed by atoms with E-state index in [-0.39, 0.29) is 11.9 Å². The van der Waals surface area contributed by atoms with Gasteiger partial charge < -0.3 is 5.32 Å². The Labute approximate surface area is 128 Å². The van der Waals surface area contributed by atoms with E-state index in [0.29, 0.717) is 10.2 Å². The number of nitrogens with zero attached hydrogens (tertiary/aromatic N) is 1. The fraction of sp³-hybridized carbons (Fsp3) is 0.143. The second kappa shape index (κ2) is 6.30. The summed E-state index contributed by atoms with van der Waals surface area (Å²) in [7, 11) is 0. The Balaban J connectivity index is 2.08. The molecular formula is C14H12Br2N2O. The van der Waals surface area contributed by atoms with Gasteiger partial charge in [0, 0.05) is 16.2 Å². The van der Waals surface area contributed by atoms with E-state index >= 15 is 0 Å². The first-order valence-electron chi connectivity index (χ1n) is 5.74. The molecule has 0 aliphatic rings. The predicted molar refractivity (Wildman–Crippen MR) is 82.0 cm³/mol. The van der Waals surface area contributed by atoms with Gasteiger partial charge in [0.1, 0.15) is 4.60 Å². The van der Waals surface area contributed by atoms with Gasteiger partial charge in [-0.25, -0.2) is 4.98 Å². The first-order chi connectivity index (χ1) is 9.06. The number of halogens is 2. The second-order valence-corrected chi connectivity index (χ2v) is 5.84. The number of hydrogen-bond acceptors (Lipinski definition) is 2. The normalized spacial score (nSPS) is 11.9. The van der Waals surface area contributed by atoms with Crippen LogP contribution < -0.4 is 5.32 Å². The fourth-order valence-electron chi connectivity index (χ4n) is 1.66. The lowest BCUT2D eigenvalue weighted by atomic mass is 10.1. The summed E-state index contributed by atoms with van der Waals surface area (Å²) in [6.45, 7) is 1.96. The molecule has 0 radical (unpaired) electrons. The van der Waals surface area contributed by atoms with Gasteiger partial charge in [0.15, 0.2) is 0 Å². The van der Waals surface area contributed by atoms with Crippen LogP contribution in [0, 0.1) is 0 Å². The van der Waals surface area contributed by atoms with Crippen LogP contribution >= 0.6 is 31.9 Å². The lowest BCUT2D eigenvalue weighted by molar-refractivity contribution is 0.0939. The minimum absolute atomic E-state index is 0.0486. The average Bonchev–Trinajstić information content (AvgIpc) is 2.39. The number of pyridine rings is 1. The summed E-state index contributed by atoms with van der Waals surface area (Å²) >= 11 is 6.64. The van der Waals surface area contributed by atoms with Gasteiger partial charge in [0.2, 0.25) is 0 Å². The third kappa shape index (κ3) is 3.88. The lowest BCUT2D eigenvalue weighted by Crippen LogP contribution is -2.26. The van der Waals surface area contributed by atoms with Gasteiger partial charge in [-0.2, -0.15) is 0 Å². The molecule has 1 amide bonds. The molecule has 1 atom stereocenters. The molecule has 0 saturated carbocycles. The number of amides is 1. The maximum absolute atomic E-state index is 12.1. The highest BCUT2D eigenvalue weighted by Gasteiger charge is 2.11. The van der Waals surface area contributed by atoms with E-state index in [9.17, 15) is 4.79 Å². The zero-order valence-electron chi connectivity index (χ0n) is 10.2. The van der Waals surface area contributed by atoms with Crippen LogP contribution in [0.2, 0.25) is 0 Å². The molecule has 0 unspecified atom stereocenters. The highest BCUT2D eigenvalue weighted by Crippen LogP contribution is 2.17. The Kier molecular flexibility index (Phi) is 4.71. The zero-order chi connectivity index (χ0) is 13.8. The molecular weight excluding hydrogens is 372 g/mol. The van der Waals surface area contributed by atoms with Crippen molar-refractivity contribution >= 4 is 37.8 Å². The molecule has 1 N–H and O–H groups in total. The van der Waals surface area contributed by atoms with Crippen molar-refractivity contribution in [3.8, 4) is 0 Å². The predicted octanol–water partition coefficient (Wildman–Crippen LogP) is 4.10. The summed E-state index contributed by atoms with van der Waals surface area (Å²) in [5.41, 5.74) is 1.65.